The van der Waals surface area contributed by atoms with Crippen LogP contribution in [0.5, 0.6) is 0 Å². The van der Waals surface area contributed by atoms with Crippen LogP contribution in [0.3, 0.4) is 0 Å². The van der Waals surface area contributed by atoms with Crippen molar-refractivity contribution < 1.29 is 29.4 Å². The number of carbonyl (C=O) groups excluding carboxylic acids is 1. The van der Waals surface area contributed by atoms with Gasteiger partial charge in [0.15, 0.2) is 0 Å². The van der Waals surface area contributed by atoms with Gasteiger partial charge in [0, 0.05) is 12.8 Å². The van der Waals surface area contributed by atoms with Gasteiger partial charge in [-0.1, -0.05) is 30.3 Å². The van der Waals surface area contributed by atoms with E-state index in [4.69, 9.17) is 15.1 Å². The molecule has 0 spiro atoms. The number of hydroxylamine groups is 1. The van der Waals surface area contributed by atoms with Gasteiger partial charge in [0.25, 0.3) is 0 Å². The van der Waals surface area contributed by atoms with Crippen molar-refractivity contribution in [2.75, 3.05) is 0 Å². The summed E-state index contributed by atoms with van der Waals surface area (Å²) in [5.74, 6) is -3.93. The fraction of sp³-hybridized carbons (Fsp3) is 0.357. The molecule has 0 aromatic heterocycles. The third-order valence-corrected chi connectivity index (χ3v) is 2.76. The molecule has 1 rings (SSSR count). The third kappa shape index (κ3) is 7.07. The second-order valence-electron chi connectivity index (χ2n) is 4.47. The second kappa shape index (κ2) is 8.70. The van der Waals surface area contributed by atoms with Gasteiger partial charge in [-0.25, -0.2) is 5.48 Å². The normalized spacial score (nSPS) is 11.6. The van der Waals surface area contributed by atoms with Gasteiger partial charge in [0.05, 0.1) is 12.5 Å². The van der Waals surface area contributed by atoms with Crippen LogP contribution in [0.1, 0.15) is 24.8 Å². The Morgan fingerprint density at radius 1 is 1.14 bits per heavy atom. The summed E-state index contributed by atoms with van der Waals surface area (Å²) in [7, 11) is 0. The van der Waals surface area contributed by atoms with Crippen molar-refractivity contribution in [2.45, 2.75) is 25.9 Å². The van der Waals surface area contributed by atoms with E-state index in [0.717, 1.165) is 5.56 Å². The van der Waals surface area contributed by atoms with Crippen molar-refractivity contribution in [3.8, 4) is 0 Å². The maximum absolute atomic E-state index is 11.5. The molecule has 1 atom stereocenters. The summed E-state index contributed by atoms with van der Waals surface area (Å²) in [5.41, 5.74) is 3.01. The Kier molecular flexibility index (Phi) is 6.90. The van der Waals surface area contributed by atoms with Crippen LogP contribution in [0.15, 0.2) is 30.3 Å². The summed E-state index contributed by atoms with van der Waals surface area (Å²) >= 11 is 0. The van der Waals surface area contributed by atoms with Crippen molar-refractivity contribution in [1.29, 1.82) is 0 Å². The lowest BCUT2D eigenvalue weighted by Crippen LogP contribution is -2.28. The predicted octanol–water partition coefficient (Wildman–Crippen LogP) is 1.19. The number of nitrogens with one attached hydrogen (secondary N) is 1. The molecule has 7 heteroatoms. The smallest absolute Gasteiger partial charge is 0.307 e. The van der Waals surface area contributed by atoms with Gasteiger partial charge in [0.2, 0.25) is 5.91 Å². The monoisotopic (exact) mass is 295 g/mol. The topological polar surface area (TPSA) is 113 Å². The largest absolute Gasteiger partial charge is 0.481 e. The average molecular weight is 295 g/mol. The van der Waals surface area contributed by atoms with E-state index in [-0.39, 0.29) is 25.9 Å². The molecule has 1 aromatic rings. The minimum Gasteiger partial charge on any atom is -0.481 e. The van der Waals surface area contributed by atoms with Crippen LogP contribution >= 0.6 is 0 Å². The lowest BCUT2D eigenvalue weighted by Gasteiger charge is -2.11. The minimum atomic E-state index is -1.20. The third-order valence-electron chi connectivity index (χ3n) is 2.76. The van der Waals surface area contributed by atoms with Gasteiger partial charge >= 0.3 is 11.9 Å². The molecule has 0 heterocycles. The maximum atomic E-state index is 11.5. The first-order chi connectivity index (χ1) is 9.99. The quantitative estimate of drug-likeness (QED) is 0.590. The molecule has 114 valence electrons. The predicted molar refractivity (Wildman–Crippen MR) is 72.0 cm³/mol. The Bertz CT molecular complexity index is 487. The van der Waals surface area contributed by atoms with Crippen LogP contribution in [0, 0.1) is 5.92 Å². The van der Waals surface area contributed by atoms with Gasteiger partial charge in [-0.2, -0.15) is 0 Å². The van der Waals surface area contributed by atoms with E-state index in [9.17, 15) is 14.4 Å². The van der Waals surface area contributed by atoms with Crippen LogP contribution in [-0.2, 0) is 25.8 Å². The maximum Gasteiger partial charge on any atom is 0.307 e. The summed E-state index contributed by atoms with van der Waals surface area (Å²) in [4.78, 5) is 37.9. The highest BCUT2D eigenvalue weighted by molar-refractivity contribution is 5.82. The van der Waals surface area contributed by atoms with Crippen molar-refractivity contribution in [2.24, 2.45) is 5.92 Å². The molecule has 0 fully saturated rings. The van der Waals surface area contributed by atoms with E-state index < -0.39 is 23.8 Å². The molecule has 3 N–H and O–H groups in total. The first-order valence-electron chi connectivity index (χ1n) is 6.38. The Morgan fingerprint density at radius 2 is 1.81 bits per heavy atom. The first-order valence-corrected chi connectivity index (χ1v) is 6.38. The molecule has 1 amide bonds. The Balaban J connectivity index is 2.33. The molecule has 21 heavy (non-hydrogen) atoms. The summed E-state index contributed by atoms with van der Waals surface area (Å²) in [5, 5.41) is 17.5. The molecule has 1 aromatic carbocycles. The van der Waals surface area contributed by atoms with Crippen molar-refractivity contribution in [3.05, 3.63) is 35.9 Å². The number of hydrogen-bond acceptors (Lipinski definition) is 4. The number of carboxylic acid groups (broad SMARTS) is 2. The van der Waals surface area contributed by atoms with E-state index in [1.165, 1.54) is 0 Å². The molecular weight excluding hydrogens is 278 g/mol. The lowest BCUT2D eigenvalue weighted by atomic mass is 9.99. The Hall–Kier alpha value is -2.41. The molecule has 0 saturated carbocycles. The van der Waals surface area contributed by atoms with Gasteiger partial charge < -0.3 is 10.2 Å². The van der Waals surface area contributed by atoms with Crippen molar-refractivity contribution >= 4 is 17.8 Å². The Labute approximate surface area is 121 Å². The van der Waals surface area contributed by atoms with Gasteiger partial charge in [-0.3, -0.25) is 19.2 Å². The molecular formula is C14H17NO6. The van der Waals surface area contributed by atoms with E-state index in [1.54, 1.807) is 0 Å². The van der Waals surface area contributed by atoms with E-state index in [2.05, 4.69) is 5.48 Å². The van der Waals surface area contributed by atoms with Crippen LogP contribution in [0.25, 0.3) is 0 Å². The number of aliphatic carboxylic acids is 2. The summed E-state index contributed by atoms with van der Waals surface area (Å²) in [6, 6.07) is 9.14. The minimum absolute atomic E-state index is 0.100. The molecule has 1 unspecified atom stereocenters. The summed E-state index contributed by atoms with van der Waals surface area (Å²) in [6.45, 7) is 0.166. The zero-order valence-corrected chi connectivity index (χ0v) is 11.3. The molecule has 7 nitrogen and oxygen atoms in total. The van der Waals surface area contributed by atoms with Crippen LogP contribution in [0.4, 0.5) is 0 Å². The fourth-order valence-corrected chi connectivity index (χ4v) is 1.65. The zero-order valence-electron chi connectivity index (χ0n) is 11.3. The Morgan fingerprint density at radius 3 is 2.38 bits per heavy atom. The standard InChI is InChI=1S/C14H17NO6/c16-12(8-11(14(19)20)6-7-13(17)18)15-21-9-10-4-2-1-3-5-10/h1-5,11H,6-9H2,(H,15,16)(H,17,18)(H,19,20). The van der Waals surface area contributed by atoms with Crippen LogP contribution < -0.4 is 5.48 Å². The molecule has 0 bridgehead atoms. The van der Waals surface area contributed by atoms with Crippen molar-refractivity contribution in [1.82, 2.24) is 5.48 Å². The fourth-order valence-electron chi connectivity index (χ4n) is 1.65. The van der Waals surface area contributed by atoms with E-state index in [0.29, 0.717) is 0 Å². The summed E-state index contributed by atoms with van der Waals surface area (Å²) < 4.78 is 0. The highest BCUT2D eigenvalue weighted by atomic mass is 16.6. The van der Waals surface area contributed by atoms with Gasteiger partial charge in [-0.05, 0) is 12.0 Å². The number of rotatable bonds is 9. The highest BCUT2D eigenvalue weighted by Crippen LogP contribution is 2.12. The lowest BCUT2D eigenvalue weighted by molar-refractivity contribution is -0.148. The zero-order chi connectivity index (χ0) is 15.7. The van der Waals surface area contributed by atoms with Crippen LogP contribution in [0.2, 0.25) is 0 Å². The van der Waals surface area contributed by atoms with E-state index in [1.807, 2.05) is 30.3 Å². The number of hydrogen-bond donors (Lipinski definition) is 3. The molecule has 0 aliphatic rings. The highest BCUT2D eigenvalue weighted by Gasteiger charge is 2.22. The molecule has 0 radical (unpaired) electrons. The van der Waals surface area contributed by atoms with Crippen molar-refractivity contribution in [3.63, 3.8) is 0 Å². The number of carboxylic acids is 2. The average Bonchev–Trinajstić information content (AvgIpc) is 2.44. The molecule has 0 aliphatic carbocycles. The number of amides is 1. The van der Waals surface area contributed by atoms with Gasteiger partial charge in [-0.15, -0.1) is 0 Å². The van der Waals surface area contributed by atoms with Gasteiger partial charge in [0.1, 0.15) is 0 Å². The summed E-state index contributed by atoms with van der Waals surface area (Å²) in [6.07, 6.45) is -0.719. The number of benzene rings is 1. The van der Waals surface area contributed by atoms with Crippen LogP contribution in [-0.4, -0.2) is 28.1 Å². The van der Waals surface area contributed by atoms with E-state index >= 15 is 0 Å². The second-order valence-corrected chi connectivity index (χ2v) is 4.47. The molecule has 0 saturated heterocycles. The SMILES string of the molecule is O=C(O)CCC(CC(=O)NOCc1ccccc1)C(=O)O. The molecule has 0 aliphatic heterocycles. The first kappa shape index (κ1) is 16.6. The number of carbonyl (C=O) groups is 3.